The number of amides is 2. The van der Waals surface area contributed by atoms with Crippen LogP contribution in [-0.2, 0) is 20.9 Å². The van der Waals surface area contributed by atoms with Gasteiger partial charge in [0.1, 0.15) is 6.04 Å². The first-order valence-corrected chi connectivity index (χ1v) is 8.91. The fraction of sp³-hybridized carbons (Fsp3) is 0.526. The van der Waals surface area contributed by atoms with Gasteiger partial charge in [-0.05, 0) is 18.4 Å². The summed E-state index contributed by atoms with van der Waals surface area (Å²) in [5.41, 5.74) is 1.00. The van der Waals surface area contributed by atoms with E-state index in [0.29, 0.717) is 19.6 Å². The van der Waals surface area contributed by atoms with Crippen LogP contribution >= 0.6 is 0 Å². The Labute approximate surface area is 147 Å². The SMILES string of the molecule is O=C(O)CC1C(=O)N(Cc2ccccc2)CCN1C(=O)C1CCCC1. The fourth-order valence-electron chi connectivity index (χ4n) is 3.83. The van der Waals surface area contributed by atoms with Crippen LogP contribution < -0.4 is 0 Å². The normalized spacial score (nSPS) is 21.6. The van der Waals surface area contributed by atoms with Crippen molar-refractivity contribution in [3.05, 3.63) is 35.9 Å². The van der Waals surface area contributed by atoms with Gasteiger partial charge in [-0.3, -0.25) is 14.4 Å². The van der Waals surface area contributed by atoms with Gasteiger partial charge in [0.2, 0.25) is 11.8 Å². The molecule has 0 bridgehead atoms. The summed E-state index contributed by atoms with van der Waals surface area (Å²) in [5, 5.41) is 9.22. The van der Waals surface area contributed by atoms with Crippen LogP contribution in [0.4, 0.5) is 0 Å². The van der Waals surface area contributed by atoms with Crippen molar-refractivity contribution in [2.24, 2.45) is 5.92 Å². The molecule has 0 spiro atoms. The predicted octanol–water partition coefficient (Wildman–Crippen LogP) is 1.89. The maximum atomic E-state index is 12.9. The maximum absolute atomic E-state index is 12.9. The summed E-state index contributed by atoms with van der Waals surface area (Å²) in [6, 6.07) is 8.73. The van der Waals surface area contributed by atoms with E-state index in [1.807, 2.05) is 30.3 Å². The van der Waals surface area contributed by atoms with E-state index < -0.39 is 12.0 Å². The number of carboxylic acids is 1. The van der Waals surface area contributed by atoms with Gasteiger partial charge >= 0.3 is 5.97 Å². The Morgan fingerprint density at radius 2 is 1.76 bits per heavy atom. The Morgan fingerprint density at radius 1 is 1.08 bits per heavy atom. The molecule has 1 unspecified atom stereocenters. The summed E-state index contributed by atoms with van der Waals surface area (Å²) in [5.74, 6) is -1.41. The van der Waals surface area contributed by atoms with E-state index in [0.717, 1.165) is 31.2 Å². The van der Waals surface area contributed by atoms with E-state index in [9.17, 15) is 19.5 Å². The third-order valence-corrected chi connectivity index (χ3v) is 5.16. The van der Waals surface area contributed by atoms with Crippen LogP contribution in [0.1, 0.15) is 37.7 Å². The Kier molecular flexibility index (Phi) is 5.36. The largest absolute Gasteiger partial charge is 0.481 e. The van der Waals surface area contributed by atoms with Crippen molar-refractivity contribution >= 4 is 17.8 Å². The number of hydrogen-bond donors (Lipinski definition) is 1. The number of carbonyl (C=O) groups excluding carboxylic acids is 2. The summed E-state index contributed by atoms with van der Waals surface area (Å²) in [7, 11) is 0. The molecule has 1 atom stereocenters. The molecule has 134 valence electrons. The number of carbonyl (C=O) groups is 3. The summed E-state index contributed by atoms with van der Waals surface area (Å²) in [6.45, 7) is 1.30. The molecule has 1 saturated heterocycles. The third-order valence-electron chi connectivity index (χ3n) is 5.16. The molecule has 1 aromatic rings. The second-order valence-corrected chi connectivity index (χ2v) is 6.87. The molecule has 1 aliphatic carbocycles. The van der Waals surface area contributed by atoms with Crippen LogP contribution in [0.3, 0.4) is 0 Å². The minimum absolute atomic E-state index is 0.0449. The molecule has 6 heteroatoms. The molecule has 3 rings (SSSR count). The number of hydrogen-bond acceptors (Lipinski definition) is 3. The van der Waals surface area contributed by atoms with Crippen LogP contribution in [0.2, 0.25) is 0 Å². The lowest BCUT2D eigenvalue weighted by molar-refractivity contribution is -0.157. The number of aliphatic carboxylic acids is 1. The highest BCUT2D eigenvalue weighted by Crippen LogP contribution is 2.29. The molecular weight excluding hydrogens is 320 g/mol. The van der Waals surface area contributed by atoms with Crippen LogP contribution in [0.25, 0.3) is 0 Å². The molecule has 0 radical (unpaired) electrons. The highest BCUT2D eigenvalue weighted by atomic mass is 16.4. The molecule has 1 aromatic carbocycles. The maximum Gasteiger partial charge on any atom is 0.305 e. The summed E-state index contributed by atoms with van der Waals surface area (Å²) >= 11 is 0. The first kappa shape index (κ1) is 17.5. The predicted molar refractivity (Wildman–Crippen MR) is 91.6 cm³/mol. The van der Waals surface area contributed by atoms with Gasteiger partial charge in [-0.25, -0.2) is 0 Å². The minimum atomic E-state index is -1.05. The third kappa shape index (κ3) is 4.00. The number of rotatable bonds is 5. The molecule has 2 amide bonds. The molecule has 2 fully saturated rings. The van der Waals surface area contributed by atoms with Gasteiger partial charge in [0.05, 0.1) is 6.42 Å². The van der Waals surface area contributed by atoms with E-state index in [2.05, 4.69) is 0 Å². The van der Waals surface area contributed by atoms with Crippen molar-refractivity contribution in [2.45, 2.75) is 44.7 Å². The zero-order valence-corrected chi connectivity index (χ0v) is 14.3. The Morgan fingerprint density at radius 3 is 2.40 bits per heavy atom. The standard InChI is InChI=1S/C19H24N2O4/c22-17(23)12-16-19(25)20(13-14-6-2-1-3-7-14)10-11-21(16)18(24)15-8-4-5-9-15/h1-3,6-7,15-16H,4-5,8-13H2,(H,22,23). The molecule has 1 saturated carbocycles. The van der Waals surface area contributed by atoms with E-state index in [-0.39, 0.29) is 24.2 Å². The molecule has 1 heterocycles. The van der Waals surface area contributed by atoms with Gasteiger partial charge < -0.3 is 14.9 Å². The van der Waals surface area contributed by atoms with E-state index >= 15 is 0 Å². The van der Waals surface area contributed by atoms with Crippen molar-refractivity contribution in [3.8, 4) is 0 Å². The summed E-state index contributed by atoms with van der Waals surface area (Å²) in [4.78, 5) is 40.1. The van der Waals surface area contributed by atoms with Gasteiger partial charge in [0.15, 0.2) is 0 Å². The molecule has 1 aliphatic heterocycles. The highest BCUT2D eigenvalue weighted by Gasteiger charge is 2.41. The minimum Gasteiger partial charge on any atom is -0.481 e. The zero-order chi connectivity index (χ0) is 17.8. The monoisotopic (exact) mass is 344 g/mol. The van der Waals surface area contributed by atoms with Crippen LogP contribution in [-0.4, -0.2) is 51.8 Å². The molecule has 2 aliphatic rings. The van der Waals surface area contributed by atoms with Crippen molar-refractivity contribution in [2.75, 3.05) is 13.1 Å². The van der Waals surface area contributed by atoms with Crippen LogP contribution in [0.15, 0.2) is 30.3 Å². The average molecular weight is 344 g/mol. The topological polar surface area (TPSA) is 77.9 Å². The van der Waals surface area contributed by atoms with Gasteiger partial charge in [-0.2, -0.15) is 0 Å². The molecule has 25 heavy (non-hydrogen) atoms. The Balaban J connectivity index is 1.74. The van der Waals surface area contributed by atoms with Gasteiger partial charge in [0.25, 0.3) is 0 Å². The van der Waals surface area contributed by atoms with Gasteiger partial charge in [-0.15, -0.1) is 0 Å². The van der Waals surface area contributed by atoms with Crippen molar-refractivity contribution in [1.82, 2.24) is 9.80 Å². The summed E-state index contributed by atoms with van der Waals surface area (Å²) < 4.78 is 0. The fourth-order valence-corrected chi connectivity index (χ4v) is 3.83. The van der Waals surface area contributed by atoms with Crippen LogP contribution in [0, 0.1) is 5.92 Å². The zero-order valence-electron chi connectivity index (χ0n) is 14.3. The molecule has 0 aromatic heterocycles. The number of benzene rings is 1. The smallest absolute Gasteiger partial charge is 0.305 e. The molecule has 1 N–H and O–H groups in total. The van der Waals surface area contributed by atoms with Crippen molar-refractivity contribution in [1.29, 1.82) is 0 Å². The number of nitrogens with zero attached hydrogens (tertiary/aromatic N) is 2. The summed E-state index contributed by atoms with van der Waals surface area (Å²) in [6.07, 6.45) is 3.42. The van der Waals surface area contributed by atoms with Crippen molar-refractivity contribution in [3.63, 3.8) is 0 Å². The lowest BCUT2D eigenvalue weighted by Gasteiger charge is -2.41. The van der Waals surface area contributed by atoms with E-state index in [4.69, 9.17) is 0 Å². The lowest BCUT2D eigenvalue weighted by atomic mass is 10.0. The quantitative estimate of drug-likeness (QED) is 0.885. The van der Waals surface area contributed by atoms with E-state index in [1.165, 1.54) is 4.90 Å². The molecule has 6 nitrogen and oxygen atoms in total. The lowest BCUT2D eigenvalue weighted by Crippen LogP contribution is -2.59. The second kappa shape index (κ2) is 7.68. The van der Waals surface area contributed by atoms with Gasteiger partial charge in [0, 0.05) is 25.6 Å². The highest BCUT2D eigenvalue weighted by molar-refractivity contribution is 5.92. The van der Waals surface area contributed by atoms with E-state index in [1.54, 1.807) is 4.90 Å². The van der Waals surface area contributed by atoms with Crippen LogP contribution in [0.5, 0.6) is 0 Å². The van der Waals surface area contributed by atoms with Crippen molar-refractivity contribution < 1.29 is 19.5 Å². The second-order valence-electron chi connectivity index (χ2n) is 6.87. The molecular formula is C19H24N2O4. The first-order valence-electron chi connectivity index (χ1n) is 8.91. The Bertz CT molecular complexity index is 640. The van der Waals surface area contributed by atoms with Gasteiger partial charge in [-0.1, -0.05) is 43.2 Å². The average Bonchev–Trinajstić information content (AvgIpc) is 3.13. The number of piperazine rings is 1. The Hall–Kier alpha value is -2.37. The number of carboxylic acid groups (broad SMARTS) is 1. The first-order chi connectivity index (χ1) is 12.1.